The Hall–Kier alpha value is -2.86. The van der Waals surface area contributed by atoms with Gasteiger partial charge in [-0.25, -0.2) is 12.8 Å². The highest BCUT2D eigenvalue weighted by atomic mass is 32.2. The minimum Gasteiger partial charge on any atom is -0.457 e. The summed E-state index contributed by atoms with van der Waals surface area (Å²) in [5, 5.41) is 0. The lowest BCUT2D eigenvalue weighted by molar-refractivity contribution is 0.482. The highest BCUT2D eigenvalue weighted by Gasteiger charge is 2.14. The molecule has 24 heavy (non-hydrogen) atoms. The Morgan fingerprint density at radius 3 is 1.96 bits per heavy atom. The van der Waals surface area contributed by atoms with Gasteiger partial charge in [-0.2, -0.15) is 0 Å². The quantitative estimate of drug-likeness (QED) is 0.746. The summed E-state index contributed by atoms with van der Waals surface area (Å²) in [7, 11) is -3.74. The number of halogens is 1. The maximum atomic E-state index is 12.9. The fourth-order valence-electron chi connectivity index (χ4n) is 2.04. The van der Waals surface area contributed by atoms with Crippen molar-refractivity contribution in [2.75, 3.05) is 4.72 Å². The smallest absolute Gasteiger partial charge is 0.261 e. The zero-order chi connectivity index (χ0) is 17.0. The van der Waals surface area contributed by atoms with Gasteiger partial charge in [-0.3, -0.25) is 4.72 Å². The molecule has 0 unspecified atom stereocenters. The van der Waals surface area contributed by atoms with Crippen LogP contribution < -0.4 is 9.46 Å². The molecule has 0 aliphatic heterocycles. The van der Waals surface area contributed by atoms with Gasteiger partial charge in [0.25, 0.3) is 10.0 Å². The SMILES string of the molecule is O=S(=O)(Nc1ccc(F)cc1)c1ccc(Oc2ccccc2)cc1. The summed E-state index contributed by atoms with van der Waals surface area (Å²) in [6.45, 7) is 0. The summed E-state index contributed by atoms with van der Waals surface area (Å²) in [5.74, 6) is 0.764. The Balaban J connectivity index is 1.75. The van der Waals surface area contributed by atoms with Gasteiger partial charge in [0, 0.05) is 5.69 Å². The molecule has 0 aliphatic carbocycles. The largest absolute Gasteiger partial charge is 0.457 e. The number of anilines is 1. The maximum absolute atomic E-state index is 12.9. The van der Waals surface area contributed by atoms with Crippen LogP contribution in [0.5, 0.6) is 11.5 Å². The Labute approximate surface area is 139 Å². The fourth-order valence-corrected chi connectivity index (χ4v) is 3.10. The van der Waals surface area contributed by atoms with E-state index < -0.39 is 15.8 Å². The lowest BCUT2D eigenvalue weighted by Crippen LogP contribution is -2.12. The predicted molar refractivity (Wildman–Crippen MR) is 90.2 cm³/mol. The Morgan fingerprint density at radius 1 is 0.750 bits per heavy atom. The molecule has 0 saturated heterocycles. The second-order valence-electron chi connectivity index (χ2n) is 5.00. The van der Waals surface area contributed by atoms with Crippen LogP contribution in [-0.4, -0.2) is 8.42 Å². The van der Waals surface area contributed by atoms with Crippen LogP contribution in [0.2, 0.25) is 0 Å². The number of benzene rings is 3. The van der Waals surface area contributed by atoms with Gasteiger partial charge >= 0.3 is 0 Å². The van der Waals surface area contributed by atoms with Gasteiger partial charge in [-0.05, 0) is 60.7 Å². The molecule has 0 spiro atoms. The summed E-state index contributed by atoms with van der Waals surface area (Å²) in [5.41, 5.74) is 0.293. The van der Waals surface area contributed by atoms with Gasteiger partial charge < -0.3 is 4.74 Å². The third-order valence-electron chi connectivity index (χ3n) is 3.21. The number of rotatable bonds is 5. The van der Waals surface area contributed by atoms with E-state index in [1.54, 1.807) is 24.3 Å². The summed E-state index contributed by atoms with van der Waals surface area (Å²) in [4.78, 5) is 0.0900. The molecule has 0 bridgehead atoms. The molecular formula is C18H14FNO3S. The third-order valence-corrected chi connectivity index (χ3v) is 4.61. The van der Waals surface area contributed by atoms with E-state index >= 15 is 0 Å². The predicted octanol–water partition coefficient (Wildman–Crippen LogP) is 4.42. The van der Waals surface area contributed by atoms with Crippen molar-refractivity contribution in [3.63, 3.8) is 0 Å². The van der Waals surface area contributed by atoms with E-state index in [2.05, 4.69) is 4.72 Å². The molecule has 0 fully saturated rings. The van der Waals surface area contributed by atoms with Gasteiger partial charge in [-0.1, -0.05) is 18.2 Å². The summed E-state index contributed by atoms with van der Waals surface area (Å²) < 4.78 is 45.5. The molecule has 3 aromatic carbocycles. The number of hydrogen-bond donors (Lipinski definition) is 1. The second-order valence-corrected chi connectivity index (χ2v) is 6.68. The summed E-state index contributed by atoms with van der Waals surface area (Å²) in [6, 6.07) is 20.3. The van der Waals surface area contributed by atoms with Gasteiger partial charge in [-0.15, -0.1) is 0 Å². The highest BCUT2D eigenvalue weighted by molar-refractivity contribution is 7.92. The fraction of sp³-hybridized carbons (Fsp3) is 0. The van der Waals surface area contributed by atoms with Crippen LogP contribution in [0.3, 0.4) is 0 Å². The first-order valence-electron chi connectivity index (χ1n) is 7.14. The highest BCUT2D eigenvalue weighted by Crippen LogP contribution is 2.23. The first kappa shape index (κ1) is 16.0. The van der Waals surface area contributed by atoms with Gasteiger partial charge in [0.05, 0.1) is 4.90 Å². The average Bonchev–Trinajstić information content (AvgIpc) is 2.58. The number of hydrogen-bond acceptors (Lipinski definition) is 3. The Bertz CT molecular complexity index is 909. The first-order chi connectivity index (χ1) is 11.5. The Kier molecular flexibility index (Phi) is 4.48. The summed E-state index contributed by atoms with van der Waals surface area (Å²) in [6.07, 6.45) is 0. The van der Waals surface area contributed by atoms with Crippen molar-refractivity contribution < 1.29 is 17.5 Å². The normalized spacial score (nSPS) is 11.0. The number of sulfonamides is 1. The van der Waals surface area contributed by atoms with Crippen LogP contribution in [0.15, 0.2) is 83.8 Å². The van der Waals surface area contributed by atoms with Crippen LogP contribution in [0.25, 0.3) is 0 Å². The molecule has 6 heteroatoms. The van der Waals surface area contributed by atoms with E-state index in [0.29, 0.717) is 17.2 Å². The molecule has 0 amide bonds. The van der Waals surface area contributed by atoms with E-state index in [1.165, 1.54) is 36.4 Å². The first-order valence-corrected chi connectivity index (χ1v) is 8.63. The molecule has 4 nitrogen and oxygen atoms in total. The zero-order valence-corrected chi connectivity index (χ0v) is 13.3. The van der Waals surface area contributed by atoms with Crippen LogP contribution in [-0.2, 0) is 10.0 Å². The van der Waals surface area contributed by atoms with Crippen LogP contribution in [0.1, 0.15) is 0 Å². The monoisotopic (exact) mass is 343 g/mol. The lowest BCUT2D eigenvalue weighted by atomic mass is 10.3. The van der Waals surface area contributed by atoms with Crippen molar-refractivity contribution in [2.24, 2.45) is 0 Å². The molecule has 3 aromatic rings. The van der Waals surface area contributed by atoms with E-state index in [-0.39, 0.29) is 4.90 Å². The van der Waals surface area contributed by atoms with Crippen LogP contribution >= 0.6 is 0 Å². The number of nitrogens with one attached hydrogen (secondary N) is 1. The Morgan fingerprint density at radius 2 is 1.33 bits per heavy atom. The molecule has 0 aromatic heterocycles. The van der Waals surface area contributed by atoms with E-state index in [9.17, 15) is 12.8 Å². The van der Waals surface area contributed by atoms with Crippen molar-refractivity contribution in [3.05, 3.63) is 84.7 Å². The third kappa shape index (κ3) is 3.91. The van der Waals surface area contributed by atoms with E-state index in [4.69, 9.17) is 4.74 Å². The van der Waals surface area contributed by atoms with Crippen molar-refractivity contribution in [1.29, 1.82) is 0 Å². The molecule has 0 saturated carbocycles. The summed E-state index contributed by atoms with van der Waals surface area (Å²) >= 11 is 0. The van der Waals surface area contributed by atoms with E-state index in [0.717, 1.165) is 0 Å². The van der Waals surface area contributed by atoms with Crippen LogP contribution in [0.4, 0.5) is 10.1 Å². The molecule has 0 atom stereocenters. The van der Waals surface area contributed by atoms with Gasteiger partial charge in [0.2, 0.25) is 0 Å². The topological polar surface area (TPSA) is 55.4 Å². The molecule has 0 radical (unpaired) electrons. The standard InChI is InChI=1S/C18H14FNO3S/c19-14-6-8-15(9-7-14)20-24(21,22)18-12-10-17(11-13-18)23-16-4-2-1-3-5-16/h1-13,20H. The van der Waals surface area contributed by atoms with Crippen molar-refractivity contribution >= 4 is 15.7 Å². The average molecular weight is 343 g/mol. The zero-order valence-electron chi connectivity index (χ0n) is 12.5. The van der Waals surface area contributed by atoms with E-state index in [1.807, 2.05) is 18.2 Å². The van der Waals surface area contributed by atoms with Crippen molar-refractivity contribution in [3.8, 4) is 11.5 Å². The molecule has 122 valence electrons. The molecule has 0 aliphatic rings. The molecule has 3 rings (SSSR count). The molecular weight excluding hydrogens is 329 g/mol. The minimum atomic E-state index is -3.74. The van der Waals surface area contributed by atoms with Crippen molar-refractivity contribution in [2.45, 2.75) is 4.90 Å². The number of ether oxygens (including phenoxy) is 1. The van der Waals surface area contributed by atoms with Crippen molar-refractivity contribution in [1.82, 2.24) is 0 Å². The van der Waals surface area contributed by atoms with Gasteiger partial charge in [0.15, 0.2) is 0 Å². The second kappa shape index (κ2) is 6.72. The molecule has 1 N–H and O–H groups in total. The van der Waals surface area contributed by atoms with Crippen LogP contribution in [0, 0.1) is 5.82 Å². The minimum absolute atomic E-state index is 0.0900. The van der Waals surface area contributed by atoms with Gasteiger partial charge in [0.1, 0.15) is 17.3 Å². The molecule has 0 heterocycles. The maximum Gasteiger partial charge on any atom is 0.261 e. The number of para-hydroxylation sites is 1. The lowest BCUT2D eigenvalue weighted by Gasteiger charge is -2.09.